The van der Waals surface area contributed by atoms with Gasteiger partial charge in [0.2, 0.25) is 0 Å². The van der Waals surface area contributed by atoms with E-state index in [4.69, 9.17) is 0 Å². The summed E-state index contributed by atoms with van der Waals surface area (Å²) in [6.45, 7) is 0. The van der Waals surface area contributed by atoms with Gasteiger partial charge in [-0.2, -0.15) is 0 Å². The summed E-state index contributed by atoms with van der Waals surface area (Å²) in [6, 6.07) is 17.2. The van der Waals surface area contributed by atoms with Crippen molar-refractivity contribution in [1.82, 2.24) is 9.13 Å². The summed E-state index contributed by atoms with van der Waals surface area (Å²) in [6.07, 6.45) is 0. The van der Waals surface area contributed by atoms with Gasteiger partial charge >= 0.3 is 0 Å². The number of para-hydroxylation sites is 2. The topological polar surface area (TPSA) is 9.86 Å². The Balaban J connectivity index is 2.44. The Kier molecular flexibility index (Phi) is 1.72. The molecule has 0 spiro atoms. The second-order valence-corrected chi connectivity index (χ2v) is 4.85. The fraction of sp³-hybridized carbons (Fsp3) is 0.125. The summed E-state index contributed by atoms with van der Waals surface area (Å²) < 4.78 is 4.60. The smallest absolute Gasteiger partial charge is 0.0751 e. The van der Waals surface area contributed by atoms with Crippen LogP contribution in [0.3, 0.4) is 0 Å². The van der Waals surface area contributed by atoms with Crippen LogP contribution in [0.5, 0.6) is 0 Å². The standard InChI is InChI=1S/C16H14N2/c1-17-13-9-5-3-7-11(13)16-15(17)12-8-4-6-10-14(12)18(16)2/h3-10H,1-2H3. The fourth-order valence-corrected chi connectivity index (χ4v) is 3.11. The lowest BCUT2D eigenvalue weighted by Crippen LogP contribution is -1.86. The summed E-state index contributed by atoms with van der Waals surface area (Å²) in [4.78, 5) is 0. The molecule has 2 aromatic heterocycles. The van der Waals surface area contributed by atoms with Gasteiger partial charge in [-0.15, -0.1) is 0 Å². The lowest BCUT2D eigenvalue weighted by molar-refractivity contribution is 1.01. The number of aromatic nitrogens is 2. The molecule has 2 nitrogen and oxygen atoms in total. The molecule has 88 valence electrons. The predicted octanol–water partition coefficient (Wildman–Crippen LogP) is 3.82. The predicted molar refractivity (Wildman–Crippen MR) is 76.9 cm³/mol. The summed E-state index contributed by atoms with van der Waals surface area (Å²) in [5, 5.41) is 2.66. The normalized spacial score (nSPS) is 11.9. The molecule has 2 aromatic carbocycles. The molecule has 2 heterocycles. The first-order valence-electron chi connectivity index (χ1n) is 6.19. The summed E-state index contributed by atoms with van der Waals surface area (Å²) >= 11 is 0. The van der Waals surface area contributed by atoms with Crippen molar-refractivity contribution in [2.75, 3.05) is 0 Å². The minimum absolute atomic E-state index is 1.30. The summed E-state index contributed by atoms with van der Waals surface area (Å²) in [5.74, 6) is 0. The van der Waals surface area contributed by atoms with Crippen LogP contribution in [0.25, 0.3) is 32.8 Å². The molecule has 0 saturated heterocycles. The number of nitrogens with zero attached hydrogens (tertiary/aromatic N) is 2. The lowest BCUT2D eigenvalue weighted by atomic mass is 10.2. The minimum atomic E-state index is 1.30. The van der Waals surface area contributed by atoms with Crippen LogP contribution in [0.2, 0.25) is 0 Å². The first-order chi connectivity index (χ1) is 8.79. The van der Waals surface area contributed by atoms with Gasteiger partial charge in [-0.1, -0.05) is 36.4 Å². The Morgan fingerprint density at radius 2 is 1.00 bits per heavy atom. The lowest BCUT2D eigenvalue weighted by Gasteiger charge is -2.00. The number of hydrogen-bond donors (Lipinski definition) is 0. The van der Waals surface area contributed by atoms with E-state index >= 15 is 0 Å². The zero-order valence-electron chi connectivity index (χ0n) is 10.5. The number of fused-ring (bicyclic) bond motifs is 5. The third-order valence-corrected chi connectivity index (χ3v) is 3.94. The monoisotopic (exact) mass is 234 g/mol. The number of benzene rings is 2. The molecule has 0 unspecified atom stereocenters. The molecule has 0 aliphatic rings. The quantitative estimate of drug-likeness (QED) is 0.437. The zero-order valence-corrected chi connectivity index (χ0v) is 10.5. The van der Waals surface area contributed by atoms with Crippen LogP contribution in [0, 0.1) is 0 Å². The molecule has 0 atom stereocenters. The van der Waals surface area contributed by atoms with Crippen LogP contribution in [-0.2, 0) is 14.1 Å². The van der Waals surface area contributed by atoms with Crippen LogP contribution < -0.4 is 0 Å². The van der Waals surface area contributed by atoms with Gasteiger partial charge in [-0.05, 0) is 12.1 Å². The number of hydrogen-bond acceptors (Lipinski definition) is 0. The van der Waals surface area contributed by atoms with Gasteiger partial charge < -0.3 is 9.13 Å². The van der Waals surface area contributed by atoms with Crippen LogP contribution in [0.1, 0.15) is 0 Å². The molecule has 0 aliphatic carbocycles. The van der Waals surface area contributed by atoms with E-state index in [1.807, 2.05) is 0 Å². The Hall–Kier alpha value is -2.22. The molecule has 18 heavy (non-hydrogen) atoms. The van der Waals surface area contributed by atoms with Crippen LogP contribution in [0.4, 0.5) is 0 Å². The van der Waals surface area contributed by atoms with Gasteiger partial charge in [0.15, 0.2) is 0 Å². The maximum Gasteiger partial charge on any atom is 0.0751 e. The van der Waals surface area contributed by atoms with E-state index in [0.717, 1.165) is 0 Å². The highest BCUT2D eigenvalue weighted by atomic mass is 15.0. The third-order valence-electron chi connectivity index (χ3n) is 3.94. The SMILES string of the molecule is Cn1c2ccccc2c2c1c1ccccc1n2C. The molecule has 2 heteroatoms. The van der Waals surface area contributed by atoms with Gasteiger partial charge in [-0.25, -0.2) is 0 Å². The third kappa shape index (κ3) is 0.986. The minimum Gasteiger partial charge on any atom is -0.342 e. The molecule has 0 bridgehead atoms. The molecule has 0 amide bonds. The first-order valence-corrected chi connectivity index (χ1v) is 6.19. The number of aryl methyl sites for hydroxylation is 2. The zero-order chi connectivity index (χ0) is 12.3. The Morgan fingerprint density at radius 3 is 1.44 bits per heavy atom. The number of rotatable bonds is 0. The fourth-order valence-electron chi connectivity index (χ4n) is 3.11. The maximum absolute atomic E-state index is 2.30. The molecule has 4 rings (SSSR count). The summed E-state index contributed by atoms with van der Waals surface area (Å²) in [7, 11) is 4.30. The Morgan fingerprint density at radius 1 is 0.611 bits per heavy atom. The molecule has 0 aliphatic heterocycles. The van der Waals surface area contributed by atoms with Crippen molar-refractivity contribution in [3.05, 3.63) is 48.5 Å². The van der Waals surface area contributed by atoms with Crippen molar-refractivity contribution in [3.8, 4) is 0 Å². The van der Waals surface area contributed by atoms with Gasteiger partial charge in [0.1, 0.15) is 0 Å². The van der Waals surface area contributed by atoms with Crippen LogP contribution in [-0.4, -0.2) is 9.13 Å². The van der Waals surface area contributed by atoms with Crippen molar-refractivity contribution in [2.24, 2.45) is 14.1 Å². The average molecular weight is 234 g/mol. The summed E-state index contributed by atoms with van der Waals surface area (Å²) in [5.41, 5.74) is 5.25. The highest BCUT2D eigenvalue weighted by molar-refractivity contribution is 6.17. The van der Waals surface area contributed by atoms with E-state index in [-0.39, 0.29) is 0 Å². The van der Waals surface area contributed by atoms with Gasteiger partial charge in [0, 0.05) is 24.9 Å². The van der Waals surface area contributed by atoms with E-state index in [0.29, 0.717) is 0 Å². The van der Waals surface area contributed by atoms with Crippen LogP contribution in [0.15, 0.2) is 48.5 Å². The molecule has 0 radical (unpaired) electrons. The van der Waals surface area contributed by atoms with Gasteiger partial charge in [0.05, 0.1) is 22.1 Å². The van der Waals surface area contributed by atoms with E-state index in [2.05, 4.69) is 71.8 Å². The van der Waals surface area contributed by atoms with E-state index < -0.39 is 0 Å². The molecule has 0 N–H and O–H groups in total. The van der Waals surface area contributed by atoms with Crippen molar-refractivity contribution in [1.29, 1.82) is 0 Å². The highest BCUT2D eigenvalue weighted by Gasteiger charge is 2.15. The molecular formula is C16H14N2. The first kappa shape index (κ1) is 9.77. The van der Waals surface area contributed by atoms with Gasteiger partial charge in [-0.3, -0.25) is 0 Å². The largest absolute Gasteiger partial charge is 0.342 e. The van der Waals surface area contributed by atoms with E-state index in [1.54, 1.807) is 0 Å². The maximum atomic E-state index is 2.30. The van der Waals surface area contributed by atoms with Crippen molar-refractivity contribution in [3.63, 3.8) is 0 Å². The molecular weight excluding hydrogens is 220 g/mol. The van der Waals surface area contributed by atoms with Crippen LogP contribution >= 0.6 is 0 Å². The average Bonchev–Trinajstić information content (AvgIpc) is 2.87. The van der Waals surface area contributed by atoms with E-state index in [1.165, 1.54) is 32.8 Å². The van der Waals surface area contributed by atoms with Crippen molar-refractivity contribution >= 4 is 32.8 Å². The molecule has 0 fully saturated rings. The Bertz CT molecular complexity index is 818. The second kappa shape index (κ2) is 3.16. The van der Waals surface area contributed by atoms with Crippen molar-refractivity contribution < 1.29 is 0 Å². The van der Waals surface area contributed by atoms with E-state index in [9.17, 15) is 0 Å². The molecule has 4 aromatic rings. The van der Waals surface area contributed by atoms with Crippen molar-refractivity contribution in [2.45, 2.75) is 0 Å². The molecule has 0 saturated carbocycles. The van der Waals surface area contributed by atoms with Gasteiger partial charge in [0.25, 0.3) is 0 Å². The highest BCUT2D eigenvalue weighted by Crippen LogP contribution is 2.35. The second-order valence-electron chi connectivity index (χ2n) is 4.85. The Labute approximate surface area is 105 Å².